The molecule has 2 heterocycles. The predicted octanol–water partition coefficient (Wildman–Crippen LogP) is 2.57. The Morgan fingerprint density at radius 1 is 1.28 bits per heavy atom. The molecule has 0 atom stereocenters. The maximum Gasteiger partial charge on any atom is 0.338 e. The van der Waals surface area contributed by atoms with Crippen molar-refractivity contribution in [3.63, 3.8) is 0 Å². The van der Waals surface area contributed by atoms with E-state index < -0.39 is 5.97 Å². The van der Waals surface area contributed by atoms with E-state index in [4.69, 9.17) is 5.11 Å². The Morgan fingerprint density at radius 2 is 2.08 bits per heavy atom. The zero-order valence-corrected chi connectivity index (χ0v) is 13.7. The molecule has 7 heteroatoms. The molecule has 0 saturated carbocycles. The molecule has 0 aliphatic rings. The van der Waals surface area contributed by atoms with E-state index in [1.165, 1.54) is 17.1 Å². The highest BCUT2D eigenvalue weighted by atomic mass is 16.4. The normalized spacial score (nSPS) is 10.3. The third kappa shape index (κ3) is 3.19. The van der Waals surface area contributed by atoms with Crippen LogP contribution in [0.3, 0.4) is 0 Å². The maximum absolute atomic E-state index is 11.0. The Balaban J connectivity index is 2.04. The van der Waals surface area contributed by atoms with Gasteiger partial charge in [-0.3, -0.25) is 0 Å². The van der Waals surface area contributed by atoms with Gasteiger partial charge >= 0.3 is 5.97 Å². The summed E-state index contributed by atoms with van der Waals surface area (Å²) in [6.07, 6.45) is 4.20. The van der Waals surface area contributed by atoms with Crippen molar-refractivity contribution in [2.45, 2.75) is 0 Å². The number of carboxylic acid groups (broad SMARTS) is 1. The van der Waals surface area contributed by atoms with Crippen LogP contribution in [0.4, 0.5) is 5.69 Å². The quantitative estimate of drug-likeness (QED) is 0.788. The standard InChI is InChI=1S/C18H15N5O2/c1-22(2)15-5-3-4-12(6-15)16-10-20-17(7-13(16)8-19)23-11-14(9-21-23)18(24)25/h3-7,9-11H,1-2H3,(H,24,25). The number of aromatic nitrogens is 3. The Morgan fingerprint density at radius 3 is 2.72 bits per heavy atom. The topological polar surface area (TPSA) is 95.0 Å². The van der Waals surface area contributed by atoms with E-state index in [1.54, 1.807) is 12.3 Å². The van der Waals surface area contributed by atoms with Gasteiger partial charge in [-0.2, -0.15) is 10.4 Å². The minimum atomic E-state index is -1.07. The number of hydrogen-bond acceptors (Lipinski definition) is 5. The van der Waals surface area contributed by atoms with Crippen LogP contribution in [-0.2, 0) is 0 Å². The van der Waals surface area contributed by atoms with Crippen LogP contribution in [0.5, 0.6) is 0 Å². The lowest BCUT2D eigenvalue weighted by atomic mass is 10.0. The second-order valence-electron chi connectivity index (χ2n) is 5.62. The van der Waals surface area contributed by atoms with E-state index >= 15 is 0 Å². The van der Waals surface area contributed by atoms with Gasteiger partial charge in [0.15, 0.2) is 5.82 Å². The minimum Gasteiger partial charge on any atom is -0.478 e. The molecule has 0 bridgehead atoms. The molecule has 0 aliphatic heterocycles. The first-order chi connectivity index (χ1) is 12.0. The molecule has 25 heavy (non-hydrogen) atoms. The van der Waals surface area contributed by atoms with E-state index in [-0.39, 0.29) is 5.56 Å². The Hall–Kier alpha value is -3.66. The fourth-order valence-corrected chi connectivity index (χ4v) is 2.40. The maximum atomic E-state index is 11.0. The summed E-state index contributed by atoms with van der Waals surface area (Å²) >= 11 is 0. The summed E-state index contributed by atoms with van der Waals surface area (Å²) < 4.78 is 1.34. The molecule has 124 valence electrons. The lowest BCUT2D eigenvalue weighted by Crippen LogP contribution is -2.08. The van der Waals surface area contributed by atoms with Crippen molar-refractivity contribution in [3.05, 3.63) is 60.0 Å². The summed E-state index contributed by atoms with van der Waals surface area (Å²) in [5.41, 5.74) is 3.11. The lowest BCUT2D eigenvalue weighted by molar-refractivity contribution is 0.0697. The molecular formula is C18H15N5O2. The Kier molecular flexibility index (Phi) is 4.18. The van der Waals surface area contributed by atoms with Gasteiger partial charge in [-0.05, 0) is 17.7 Å². The van der Waals surface area contributed by atoms with Gasteiger partial charge in [0.05, 0.1) is 23.4 Å². The zero-order valence-electron chi connectivity index (χ0n) is 13.7. The average molecular weight is 333 g/mol. The first kappa shape index (κ1) is 16.2. The van der Waals surface area contributed by atoms with Crippen LogP contribution in [0.25, 0.3) is 16.9 Å². The Labute approximate surface area is 144 Å². The first-order valence-corrected chi connectivity index (χ1v) is 7.46. The van der Waals surface area contributed by atoms with Gasteiger partial charge in [0.2, 0.25) is 0 Å². The summed E-state index contributed by atoms with van der Waals surface area (Å²) in [5.74, 6) is -0.680. The van der Waals surface area contributed by atoms with Gasteiger partial charge in [-0.15, -0.1) is 0 Å². The van der Waals surface area contributed by atoms with E-state index in [0.29, 0.717) is 16.9 Å². The third-order valence-electron chi connectivity index (χ3n) is 3.75. The lowest BCUT2D eigenvalue weighted by Gasteiger charge is -2.14. The van der Waals surface area contributed by atoms with Crippen LogP contribution in [0.15, 0.2) is 48.9 Å². The molecule has 0 aliphatic carbocycles. The number of rotatable bonds is 4. The Bertz CT molecular complexity index is 985. The van der Waals surface area contributed by atoms with Crippen LogP contribution in [0.1, 0.15) is 15.9 Å². The SMILES string of the molecule is CN(C)c1cccc(-c2cnc(-n3cc(C(=O)O)cn3)cc2C#N)c1. The highest BCUT2D eigenvalue weighted by Crippen LogP contribution is 2.27. The van der Waals surface area contributed by atoms with E-state index in [2.05, 4.69) is 16.2 Å². The van der Waals surface area contributed by atoms with Gasteiger partial charge in [-0.1, -0.05) is 12.1 Å². The summed E-state index contributed by atoms with van der Waals surface area (Å²) in [7, 11) is 3.90. The molecule has 2 aromatic heterocycles. The molecule has 1 N–H and O–H groups in total. The highest BCUT2D eigenvalue weighted by Gasteiger charge is 2.12. The number of carbonyl (C=O) groups is 1. The number of hydrogen-bond donors (Lipinski definition) is 1. The number of benzene rings is 1. The van der Waals surface area contributed by atoms with E-state index in [1.807, 2.05) is 43.3 Å². The monoisotopic (exact) mass is 333 g/mol. The van der Waals surface area contributed by atoms with Gasteiger partial charge in [0.25, 0.3) is 0 Å². The van der Waals surface area contributed by atoms with E-state index in [0.717, 1.165) is 11.3 Å². The van der Waals surface area contributed by atoms with Crippen molar-refractivity contribution in [2.24, 2.45) is 0 Å². The van der Waals surface area contributed by atoms with Gasteiger partial charge in [0, 0.05) is 43.8 Å². The molecule has 3 rings (SSSR count). The van der Waals surface area contributed by atoms with Crippen LogP contribution in [-0.4, -0.2) is 39.9 Å². The number of pyridine rings is 1. The molecule has 0 radical (unpaired) electrons. The minimum absolute atomic E-state index is 0.0584. The number of aromatic carboxylic acids is 1. The van der Waals surface area contributed by atoms with Crippen molar-refractivity contribution in [3.8, 4) is 23.0 Å². The van der Waals surface area contributed by atoms with Crippen molar-refractivity contribution in [2.75, 3.05) is 19.0 Å². The van der Waals surface area contributed by atoms with Crippen LogP contribution in [0.2, 0.25) is 0 Å². The number of anilines is 1. The van der Waals surface area contributed by atoms with Crippen LogP contribution in [0, 0.1) is 11.3 Å². The largest absolute Gasteiger partial charge is 0.478 e. The van der Waals surface area contributed by atoms with Gasteiger partial charge < -0.3 is 10.0 Å². The first-order valence-electron chi connectivity index (χ1n) is 7.46. The molecule has 1 aromatic carbocycles. The molecule has 7 nitrogen and oxygen atoms in total. The summed E-state index contributed by atoms with van der Waals surface area (Å²) in [5, 5.41) is 22.5. The summed E-state index contributed by atoms with van der Waals surface area (Å²) in [6.45, 7) is 0. The highest BCUT2D eigenvalue weighted by molar-refractivity contribution is 5.87. The fraction of sp³-hybridized carbons (Fsp3) is 0.111. The average Bonchev–Trinajstić information content (AvgIpc) is 3.11. The zero-order chi connectivity index (χ0) is 18.0. The molecule has 0 unspecified atom stereocenters. The van der Waals surface area contributed by atoms with Crippen LogP contribution < -0.4 is 4.90 Å². The summed E-state index contributed by atoms with van der Waals surface area (Å²) in [4.78, 5) is 17.3. The number of nitriles is 1. The van der Waals surface area contributed by atoms with Crippen LogP contribution >= 0.6 is 0 Å². The predicted molar refractivity (Wildman–Crippen MR) is 92.8 cm³/mol. The van der Waals surface area contributed by atoms with Crippen molar-refractivity contribution < 1.29 is 9.90 Å². The van der Waals surface area contributed by atoms with Gasteiger partial charge in [-0.25, -0.2) is 14.5 Å². The molecule has 0 amide bonds. The molecule has 0 spiro atoms. The molecule has 0 saturated heterocycles. The molecular weight excluding hydrogens is 318 g/mol. The van der Waals surface area contributed by atoms with Gasteiger partial charge in [0.1, 0.15) is 0 Å². The van der Waals surface area contributed by atoms with Crippen molar-refractivity contribution >= 4 is 11.7 Å². The summed E-state index contributed by atoms with van der Waals surface area (Å²) in [6, 6.07) is 11.6. The number of carboxylic acids is 1. The number of nitrogens with zero attached hydrogens (tertiary/aromatic N) is 5. The second-order valence-corrected chi connectivity index (χ2v) is 5.62. The fourth-order valence-electron chi connectivity index (χ4n) is 2.40. The molecule has 0 fully saturated rings. The van der Waals surface area contributed by atoms with Crippen molar-refractivity contribution in [1.82, 2.24) is 14.8 Å². The molecule has 3 aromatic rings. The van der Waals surface area contributed by atoms with E-state index in [9.17, 15) is 10.1 Å². The van der Waals surface area contributed by atoms with Crippen molar-refractivity contribution in [1.29, 1.82) is 5.26 Å². The third-order valence-corrected chi connectivity index (χ3v) is 3.75. The second kappa shape index (κ2) is 6.45. The smallest absolute Gasteiger partial charge is 0.338 e.